The first kappa shape index (κ1) is 32.7. The van der Waals surface area contributed by atoms with Gasteiger partial charge in [0.1, 0.15) is 18.3 Å². The fourth-order valence-electron chi connectivity index (χ4n) is 4.60. The monoisotopic (exact) mass is 593 g/mol. The van der Waals surface area contributed by atoms with Crippen LogP contribution in [-0.2, 0) is 26.2 Å². The van der Waals surface area contributed by atoms with Crippen LogP contribution >= 0.6 is 0 Å². The van der Waals surface area contributed by atoms with Gasteiger partial charge in [0.15, 0.2) is 0 Å². The van der Waals surface area contributed by atoms with Crippen LogP contribution in [0.5, 0.6) is 5.75 Å². The molecule has 42 heavy (non-hydrogen) atoms. The van der Waals surface area contributed by atoms with Crippen molar-refractivity contribution in [1.29, 1.82) is 0 Å². The number of nitrogens with zero attached hydrogens (tertiary/aromatic N) is 2. The number of carbonyl (C=O) groups excluding carboxylic acids is 2. The highest BCUT2D eigenvalue weighted by Crippen LogP contribution is 2.27. The van der Waals surface area contributed by atoms with Crippen LogP contribution in [0.2, 0.25) is 0 Å². The van der Waals surface area contributed by atoms with Crippen molar-refractivity contribution in [2.45, 2.75) is 76.9 Å². The third-order valence-electron chi connectivity index (χ3n) is 7.33. The number of anilines is 1. The molecule has 0 unspecified atom stereocenters. The van der Waals surface area contributed by atoms with E-state index in [0.29, 0.717) is 17.9 Å². The Morgan fingerprint density at radius 3 is 2.12 bits per heavy atom. The summed E-state index contributed by atoms with van der Waals surface area (Å²) < 4.78 is 34.4. The molecule has 226 valence electrons. The average Bonchev–Trinajstić information content (AvgIpc) is 3.00. The van der Waals surface area contributed by atoms with Gasteiger partial charge in [-0.05, 0) is 73.2 Å². The van der Waals surface area contributed by atoms with E-state index in [0.717, 1.165) is 21.9 Å². The van der Waals surface area contributed by atoms with Gasteiger partial charge in [-0.1, -0.05) is 70.2 Å². The summed E-state index contributed by atoms with van der Waals surface area (Å²) in [4.78, 5) is 29.2. The van der Waals surface area contributed by atoms with Gasteiger partial charge in [-0.25, -0.2) is 8.42 Å². The normalized spacial score (nSPS) is 12.8. The number of nitrogens with one attached hydrogen (secondary N) is 1. The van der Waals surface area contributed by atoms with E-state index < -0.39 is 28.5 Å². The number of hydrogen-bond acceptors (Lipinski definition) is 5. The molecule has 0 aliphatic heterocycles. The molecule has 0 saturated heterocycles. The number of amides is 2. The van der Waals surface area contributed by atoms with Crippen LogP contribution in [0.15, 0.2) is 83.8 Å². The summed E-state index contributed by atoms with van der Waals surface area (Å²) in [5, 5.41) is 2.99. The summed E-state index contributed by atoms with van der Waals surface area (Å²) in [5.41, 5.74) is 2.18. The molecule has 9 heteroatoms. The van der Waals surface area contributed by atoms with Gasteiger partial charge in [0.25, 0.3) is 10.0 Å². The second-order valence-electron chi connectivity index (χ2n) is 10.7. The van der Waals surface area contributed by atoms with Crippen molar-refractivity contribution < 1.29 is 22.7 Å². The highest BCUT2D eigenvalue weighted by Gasteiger charge is 2.34. The second-order valence-corrected chi connectivity index (χ2v) is 12.5. The molecule has 1 N–H and O–H groups in total. The first-order valence-corrected chi connectivity index (χ1v) is 15.9. The molecule has 0 aliphatic carbocycles. The van der Waals surface area contributed by atoms with Gasteiger partial charge < -0.3 is 15.0 Å². The zero-order valence-corrected chi connectivity index (χ0v) is 26.2. The molecule has 3 aromatic rings. The molecule has 3 rings (SSSR count). The van der Waals surface area contributed by atoms with Crippen molar-refractivity contribution in [3.05, 3.63) is 90.0 Å². The largest absolute Gasteiger partial charge is 0.497 e. The Bertz CT molecular complexity index is 1430. The minimum Gasteiger partial charge on any atom is -0.497 e. The molecule has 0 saturated carbocycles. The van der Waals surface area contributed by atoms with E-state index in [1.165, 1.54) is 17.0 Å². The van der Waals surface area contributed by atoms with Crippen LogP contribution in [0, 0.1) is 0 Å². The molecule has 2 atom stereocenters. The molecule has 0 heterocycles. The Balaban J connectivity index is 2.07. The van der Waals surface area contributed by atoms with Gasteiger partial charge in [0.05, 0.1) is 17.7 Å². The van der Waals surface area contributed by atoms with Gasteiger partial charge >= 0.3 is 0 Å². The first-order chi connectivity index (χ1) is 20.0. The number of methoxy groups -OCH3 is 1. The van der Waals surface area contributed by atoms with E-state index in [4.69, 9.17) is 4.74 Å². The van der Waals surface area contributed by atoms with Crippen LogP contribution in [0.3, 0.4) is 0 Å². The Morgan fingerprint density at radius 1 is 0.881 bits per heavy atom. The molecule has 0 aliphatic rings. The van der Waals surface area contributed by atoms with E-state index >= 15 is 0 Å². The number of carbonyl (C=O) groups is 2. The predicted molar refractivity (Wildman–Crippen MR) is 167 cm³/mol. The zero-order chi connectivity index (χ0) is 30.9. The zero-order valence-electron chi connectivity index (χ0n) is 25.4. The van der Waals surface area contributed by atoms with E-state index in [-0.39, 0.29) is 29.3 Å². The van der Waals surface area contributed by atoms with Crippen LogP contribution in [0.25, 0.3) is 0 Å². The van der Waals surface area contributed by atoms with Gasteiger partial charge in [0, 0.05) is 12.6 Å². The minimum atomic E-state index is -4.11. The van der Waals surface area contributed by atoms with Crippen LogP contribution in [-0.4, -0.2) is 50.9 Å². The van der Waals surface area contributed by atoms with E-state index in [1.54, 1.807) is 43.5 Å². The quantitative estimate of drug-likeness (QED) is 0.257. The van der Waals surface area contributed by atoms with Crippen molar-refractivity contribution >= 4 is 27.5 Å². The lowest BCUT2D eigenvalue weighted by Gasteiger charge is -2.33. The maximum Gasteiger partial charge on any atom is 0.264 e. The summed E-state index contributed by atoms with van der Waals surface area (Å²) in [6.45, 7) is 9.47. The molecule has 3 aromatic carbocycles. The topological polar surface area (TPSA) is 96.0 Å². The lowest BCUT2D eigenvalue weighted by atomic mass is 10.0. The Morgan fingerprint density at radius 2 is 1.55 bits per heavy atom. The Labute approximate surface area is 250 Å². The molecule has 0 spiro atoms. The summed E-state index contributed by atoms with van der Waals surface area (Å²) in [5.74, 6) is 0.112. The molecule has 0 radical (unpaired) electrons. The van der Waals surface area contributed by atoms with Crippen molar-refractivity contribution in [2.75, 3.05) is 18.0 Å². The van der Waals surface area contributed by atoms with E-state index in [1.807, 2.05) is 51.1 Å². The second kappa shape index (κ2) is 14.9. The number of sulfonamides is 1. The maximum atomic E-state index is 14.2. The van der Waals surface area contributed by atoms with Crippen molar-refractivity contribution in [3.8, 4) is 5.75 Å². The molecule has 2 amide bonds. The Hall–Kier alpha value is -3.85. The van der Waals surface area contributed by atoms with Crippen molar-refractivity contribution in [2.24, 2.45) is 0 Å². The molecule has 8 nitrogen and oxygen atoms in total. The number of rotatable bonds is 14. The van der Waals surface area contributed by atoms with Crippen LogP contribution in [0.4, 0.5) is 5.69 Å². The molecule has 0 fully saturated rings. The van der Waals surface area contributed by atoms with Crippen molar-refractivity contribution in [3.63, 3.8) is 0 Å². The summed E-state index contributed by atoms with van der Waals surface area (Å²) in [6, 6.07) is 21.7. The molecular formula is C33H43N3O5S. The average molecular weight is 594 g/mol. The third kappa shape index (κ3) is 8.12. The van der Waals surface area contributed by atoms with Gasteiger partial charge in [-0.15, -0.1) is 0 Å². The fraction of sp³-hybridized carbons (Fsp3) is 0.394. The Kier molecular flexibility index (Phi) is 11.6. The van der Waals surface area contributed by atoms with Gasteiger partial charge in [-0.2, -0.15) is 0 Å². The van der Waals surface area contributed by atoms with Crippen LogP contribution < -0.4 is 14.4 Å². The molecule has 0 bridgehead atoms. The van der Waals surface area contributed by atoms with E-state index in [2.05, 4.69) is 19.2 Å². The SMILES string of the molecule is CC[C@@H](C)NC(=O)[C@H](CC)N(Cc1cccc(OC)c1)C(=O)CN(c1ccc(C(C)C)cc1)S(=O)(=O)c1ccccc1. The maximum absolute atomic E-state index is 14.2. The lowest BCUT2D eigenvalue weighted by Crippen LogP contribution is -2.53. The fourth-order valence-corrected chi connectivity index (χ4v) is 6.04. The molecular weight excluding hydrogens is 550 g/mol. The number of benzene rings is 3. The number of hydrogen-bond donors (Lipinski definition) is 1. The van der Waals surface area contributed by atoms with Crippen LogP contribution in [0.1, 0.15) is 64.5 Å². The highest BCUT2D eigenvalue weighted by atomic mass is 32.2. The van der Waals surface area contributed by atoms with E-state index in [9.17, 15) is 18.0 Å². The van der Waals surface area contributed by atoms with Gasteiger partial charge in [0.2, 0.25) is 11.8 Å². The summed E-state index contributed by atoms with van der Waals surface area (Å²) in [6.07, 6.45) is 1.09. The summed E-state index contributed by atoms with van der Waals surface area (Å²) in [7, 11) is -2.55. The van der Waals surface area contributed by atoms with Gasteiger partial charge in [-0.3, -0.25) is 13.9 Å². The lowest BCUT2D eigenvalue weighted by molar-refractivity contribution is -0.140. The first-order valence-electron chi connectivity index (χ1n) is 14.4. The standard InChI is InChI=1S/C33H43N3O5S/c1-7-25(5)34-33(38)31(8-2)35(22-26-13-12-14-29(21-26)41-6)32(37)23-36(28-19-17-27(18-20-28)24(3)4)42(39,40)30-15-10-9-11-16-30/h9-21,24-25,31H,7-8,22-23H2,1-6H3,(H,34,38)/t25-,31+/m1/s1. The molecule has 0 aromatic heterocycles. The van der Waals surface area contributed by atoms with Crippen molar-refractivity contribution in [1.82, 2.24) is 10.2 Å². The smallest absolute Gasteiger partial charge is 0.264 e. The minimum absolute atomic E-state index is 0.0743. The third-order valence-corrected chi connectivity index (χ3v) is 9.12. The number of ether oxygens (including phenoxy) is 1. The summed E-state index contributed by atoms with van der Waals surface area (Å²) >= 11 is 0. The predicted octanol–water partition coefficient (Wildman–Crippen LogP) is 5.74. The highest BCUT2D eigenvalue weighted by molar-refractivity contribution is 7.92.